The van der Waals surface area contributed by atoms with Gasteiger partial charge in [-0.3, -0.25) is 9.59 Å². The van der Waals surface area contributed by atoms with E-state index in [4.69, 9.17) is 0 Å². The Morgan fingerprint density at radius 1 is 1.30 bits per heavy atom. The molecule has 0 aliphatic rings. The third kappa shape index (κ3) is 4.06. The van der Waals surface area contributed by atoms with E-state index in [1.807, 2.05) is 30.3 Å². The topological polar surface area (TPSA) is 76.0 Å². The number of nitrogens with one attached hydrogen (secondary N) is 2. The third-order valence-electron chi connectivity index (χ3n) is 3.13. The van der Waals surface area contributed by atoms with Gasteiger partial charge in [0.1, 0.15) is 5.82 Å². The first-order valence-electron chi connectivity index (χ1n) is 7.38. The number of nitrogens with zero attached hydrogens (tertiary/aromatic N) is 2. The van der Waals surface area contributed by atoms with Crippen molar-refractivity contribution in [1.82, 2.24) is 15.1 Å². The van der Waals surface area contributed by atoms with Crippen molar-refractivity contribution in [1.29, 1.82) is 0 Å². The van der Waals surface area contributed by atoms with Crippen LogP contribution in [0.5, 0.6) is 0 Å². The number of carbonyl (C=O) groups excluding carboxylic acids is 2. The molecule has 1 heterocycles. The molecular weight excluding hydrogens is 292 g/mol. The maximum Gasteiger partial charge on any atom is 0.272 e. The molecule has 2 aromatic rings. The molecule has 1 aromatic heterocycles. The summed E-state index contributed by atoms with van der Waals surface area (Å²) in [6.45, 7) is 7.51. The fraction of sp³-hybridized carbons (Fsp3) is 0.235. The van der Waals surface area contributed by atoms with Crippen LogP contribution in [0.25, 0.3) is 5.69 Å². The van der Waals surface area contributed by atoms with Crippen molar-refractivity contribution < 1.29 is 9.59 Å². The van der Waals surface area contributed by atoms with Crippen molar-refractivity contribution in [3.05, 3.63) is 54.7 Å². The molecule has 6 heteroatoms. The Kier molecular flexibility index (Phi) is 5.30. The molecule has 0 saturated heterocycles. The highest BCUT2D eigenvalue weighted by Crippen LogP contribution is 2.18. The molecule has 0 radical (unpaired) electrons. The van der Waals surface area contributed by atoms with Crippen LogP contribution in [0.1, 0.15) is 24.3 Å². The van der Waals surface area contributed by atoms with E-state index in [0.29, 0.717) is 12.4 Å². The molecule has 0 aliphatic carbocycles. The zero-order valence-corrected chi connectivity index (χ0v) is 13.2. The second kappa shape index (κ2) is 7.40. The largest absolute Gasteiger partial charge is 0.347 e. The predicted octanol–water partition coefficient (Wildman–Crippen LogP) is 2.38. The van der Waals surface area contributed by atoms with Gasteiger partial charge in [0, 0.05) is 18.5 Å². The molecule has 6 nitrogen and oxygen atoms in total. The standard InChI is InChI=1S/C17H20N4O2/c1-4-10-18-17(23)14-11-15(19-16(22)12(2)3)21(20-14)13-8-6-5-7-9-13/h4-9,11-12H,1,10H2,2-3H3,(H,18,23)(H,19,22). The molecule has 1 aromatic carbocycles. The number of carbonyl (C=O) groups is 2. The number of anilines is 1. The Balaban J connectivity index is 2.37. The summed E-state index contributed by atoms with van der Waals surface area (Å²) in [7, 11) is 0. The van der Waals surface area contributed by atoms with Crippen LogP contribution in [0.3, 0.4) is 0 Å². The molecule has 2 N–H and O–H groups in total. The molecule has 0 fully saturated rings. The molecule has 23 heavy (non-hydrogen) atoms. The number of rotatable bonds is 6. The van der Waals surface area contributed by atoms with Gasteiger partial charge in [0.2, 0.25) is 5.91 Å². The average molecular weight is 312 g/mol. The van der Waals surface area contributed by atoms with Crippen LogP contribution in [0.2, 0.25) is 0 Å². The summed E-state index contributed by atoms with van der Waals surface area (Å²) in [5.41, 5.74) is 0.990. The Labute approximate surface area is 135 Å². The summed E-state index contributed by atoms with van der Waals surface area (Å²) in [6.07, 6.45) is 1.59. The van der Waals surface area contributed by atoms with E-state index in [2.05, 4.69) is 22.3 Å². The summed E-state index contributed by atoms with van der Waals surface area (Å²) in [5.74, 6) is -0.175. The summed E-state index contributed by atoms with van der Waals surface area (Å²) in [4.78, 5) is 24.1. The van der Waals surface area contributed by atoms with E-state index in [-0.39, 0.29) is 23.4 Å². The van der Waals surface area contributed by atoms with Crippen LogP contribution < -0.4 is 10.6 Å². The monoisotopic (exact) mass is 312 g/mol. The minimum absolute atomic E-state index is 0.139. The van der Waals surface area contributed by atoms with E-state index < -0.39 is 0 Å². The van der Waals surface area contributed by atoms with Crippen molar-refractivity contribution in [2.75, 3.05) is 11.9 Å². The van der Waals surface area contributed by atoms with E-state index in [1.165, 1.54) is 0 Å². The highest BCUT2D eigenvalue weighted by atomic mass is 16.2. The fourth-order valence-electron chi connectivity index (χ4n) is 1.87. The second-order valence-corrected chi connectivity index (χ2v) is 5.30. The van der Waals surface area contributed by atoms with Crippen LogP contribution in [-0.4, -0.2) is 28.1 Å². The third-order valence-corrected chi connectivity index (χ3v) is 3.13. The van der Waals surface area contributed by atoms with Gasteiger partial charge in [-0.2, -0.15) is 5.10 Å². The molecule has 2 rings (SSSR count). The smallest absolute Gasteiger partial charge is 0.272 e. The summed E-state index contributed by atoms with van der Waals surface area (Å²) >= 11 is 0. The SMILES string of the molecule is C=CCNC(=O)c1cc(NC(=O)C(C)C)n(-c2ccccc2)n1. The van der Waals surface area contributed by atoms with Crippen molar-refractivity contribution in [3.8, 4) is 5.69 Å². The van der Waals surface area contributed by atoms with Gasteiger partial charge in [-0.25, -0.2) is 4.68 Å². The number of benzene rings is 1. The van der Waals surface area contributed by atoms with Gasteiger partial charge in [0.05, 0.1) is 5.69 Å². The van der Waals surface area contributed by atoms with Crippen LogP contribution in [0, 0.1) is 5.92 Å². The lowest BCUT2D eigenvalue weighted by atomic mass is 10.2. The van der Waals surface area contributed by atoms with Crippen molar-refractivity contribution >= 4 is 17.6 Å². The van der Waals surface area contributed by atoms with Crippen LogP contribution >= 0.6 is 0 Å². The Hall–Kier alpha value is -2.89. The minimum atomic E-state index is -0.320. The van der Waals surface area contributed by atoms with Gasteiger partial charge in [0.15, 0.2) is 5.69 Å². The fourth-order valence-corrected chi connectivity index (χ4v) is 1.87. The highest BCUT2D eigenvalue weighted by molar-refractivity contribution is 5.96. The molecular formula is C17H20N4O2. The van der Waals surface area contributed by atoms with E-state index in [1.54, 1.807) is 30.7 Å². The molecule has 0 saturated carbocycles. The van der Waals surface area contributed by atoms with E-state index in [9.17, 15) is 9.59 Å². The van der Waals surface area contributed by atoms with E-state index >= 15 is 0 Å². The first-order chi connectivity index (χ1) is 11.0. The molecule has 2 amide bonds. The van der Waals surface area contributed by atoms with Crippen molar-refractivity contribution in [3.63, 3.8) is 0 Å². The number of hydrogen-bond acceptors (Lipinski definition) is 3. The van der Waals surface area contributed by atoms with Gasteiger partial charge >= 0.3 is 0 Å². The summed E-state index contributed by atoms with van der Waals surface area (Å²) in [6, 6.07) is 10.9. The van der Waals surface area contributed by atoms with Crippen molar-refractivity contribution in [2.45, 2.75) is 13.8 Å². The average Bonchev–Trinajstić information content (AvgIpc) is 2.97. The number of para-hydroxylation sites is 1. The van der Waals surface area contributed by atoms with Gasteiger partial charge in [-0.05, 0) is 12.1 Å². The molecule has 0 bridgehead atoms. The lowest BCUT2D eigenvalue weighted by Gasteiger charge is -2.10. The van der Waals surface area contributed by atoms with Crippen LogP contribution in [-0.2, 0) is 4.79 Å². The minimum Gasteiger partial charge on any atom is -0.347 e. The van der Waals surface area contributed by atoms with Crippen molar-refractivity contribution in [2.24, 2.45) is 5.92 Å². The van der Waals surface area contributed by atoms with Gasteiger partial charge in [-0.1, -0.05) is 38.1 Å². The zero-order valence-electron chi connectivity index (χ0n) is 13.2. The molecule has 0 atom stereocenters. The molecule has 0 spiro atoms. The van der Waals surface area contributed by atoms with Gasteiger partial charge in [-0.15, -0.1) is 6.58 Å². The number of amides is 2. The van der Waals surface area contributed by atoms with Crippen LogP contribution in [0.15, 0.2) is 49.1 Å². The maximum absolute atomic E-state index is 12.1. The Bertz CT molecular complexity index is 705. The molecule has 120 valence electrons. The predicted molar refractivity (Wildman–Crippen MR) is 89.6 cm³/mol. The van der Waals surface area contributed by atoms with Gasteiger partial charge < -0.3 is 10.6 Å². The maximum atomic E-state index is 12.1. The molecule has 0 aliphatic heterocycles. The molecule has 0 unspecified atom stereocenters. The van der Waals surface area contributed by atoms with Crippen LogP contribution in [0.4, 0.5) is 5.82 Å². The Morgan fingerprint density at radius 3 is 2.61 bits per heavy atom. The number of aromatic nitrogens is 2. The summed E-state index contributed by atoms with van der Waals surface area (Å²) < 4.78 is 1.54. The van der Waals surface area contributed by atoms with Gasteiger partial charge in [0.25, 0.3) is 5.91 Å². The lowest BCUT2D eigenvalue weighted by molar-refractivity contribution is -0.118. The lowest BCUT2D eigenvalue weighted by Crippen LogP contribution is -2.23. The first-order valence-corrected chi connectivity index (χ1v) is 7.38. The Morgan fingerprint density at radius 2 is 2.00 bits per heavy atom. The first kappa shape index (κ1) is 16.5. The quantitative estimate of drug-likeness (QED) is 0.804. The number of hydrogen-bond donors (Lipinski definition) is 2. The highest BCUT2D eigenvalue weighted by Gasteiger charge is 2.17. The second-order valence-electron chi connectivity index (χ2n) is 5.30. The normalized spacial score (nSPS) is 10.4. The zero-order chi connectivity index (χ0) is 16.8. The van der Waals surface area contributed by atoms with E-state index in [0.717, 1.165) is 5.69 Å². The summed E-state index contributed by atoms with van der Waals surface area (Å²) in [5, 5.41) is 9.77.